The Morgan fingerprint density at radius 2 is 1.31 bits per heavy atom. The van der Waals surface area contributed by atoms with E-state index in [1.807, 2.05) is 48.5 Å². The van der Waals surface area contributed by atoms with Crippen molar-refractivity contribution >= 4 is 18.0 Å². The van der Waals surface area contributed by atoms with Gasteiger partial charge in [-0.3, -0.25) is 4.79 Å². The predicted molar refractivity (Wildman–Crippen MR) is 139 cm³/mol. The zero-order valence-electron chi connectivity index (χ0n) is 21.7. The van der Waals surface area contributed by atoms with Crippen LogP contribution in [0.3, 0.4) is 0 Å². The molecule has 0 fully saturated rings. The fourth-order valence-corrected chi connectivity index (χ4v) is 4.21. The molecule has 0 bridgehead atoms. The third-order valence-electron chi connectivity index (χ3n) is 6.02. The Morgan fingerprint density at radius 3 is 1.87 bits per heavy atom. The molecular weight excluding hydrogens is 510 g/mol. The standard InChI is InChI=1S/C28H35NO10/c30-11-12-35-13-14-36-15-16-37-17-18-38-27(33)25(9-10-26(31)32)29-28(34)39-19-24-22-7-3-1-5-20(22)21-6-2-4-8-23(21)24/h1-8,24-25,30H,9-19H2,(H,29,34)(H,31,32)/t25-/m0/s1. The Bertz CT molecular complexity index is 1030. The second-order valence-electron chi connectivity index (χ2n) is 8.68. The lowest BCUT2D eigenvalue weighted by Gasteiger charge is -2.19. The van der Waals surface area contributed by atoms with E-state index in [4.69, 9.17) is 33.9 Å². The van der Waals surface area contributed by atoms with Gasteiger partial charge in [0.15, 0.2) is 0 Å². The number of fused-ring (bicyclic) bond motifs is 3. The molecule has 0 saturated carbocycles. The van der Waals surface area contributed by atoms with Crippen molar-refractivity contribution in [1.82, 2.24) is 5.32 Å². The summed E-state index contributed by atoms with van der Waals surface area (Å²) in [5.74, 6) is -2.03. The summed E-state index contributed by atoms with van der Waals surface area (Å²) in [5, 5.41) is 20.1. The zero-order chi connectivity index (χ0) is 27.9. The van der Waals surface area contributed by atoms with Gasteiger partial charge < -0.3 is 39.2 Å². The molecule has 2 aromatic carbocycles. The number of carbonyl (C=O) groups excluding carboxylic acids is 2. The molecule has 0 radical (unpaired) electrons. The quantitative estimate of drug-likeness (QED) is 0.188. The number of rotatable bonds is 18. The van der Waals surface area contributed by atoms with Crippen molar-refractivity contribution in [2.24, 2.45) is 0 Å². The summed E-state index contributed by atoms with van der Waals surface area (Å²) in [7, 11) is 0. The minimum atomic E-state index is -1.18. The van der Waals surface area contributed by atoms with Crippen LogP contribution in [-0.2, 0) is 33.3 Å². The van der Waals surface area contributed by atoms with Crippen LogP contribution in [0.2, 0.25) is 0 Å². The van der Waals surface area contributed by atoms with Gasteiger partial charge in [-0.15, -0.1) is 0 Å². The van der Waals surface area contributed by atoms with Crippen LogP contribution in [0.1, 0.15) is 29.9 Å². The van der Waals surface area contributed by atoms with E-state index < -0.39 is 24.1 Å². The molecule has 212 valence electrons. The molecule has 0 aliphatic heterocycles. The molecule has 2 aromatic rings. The summed E-state index contributed by atoms with van der Waals surface area (Å²) in [6.45, 7) is 1.64. The molecule has 0 spiro atoms. The van der Waals surface area contributed by atoms with Crippen LogP contribution in [0.15, 0.2) is 48.5 Å². The predicted octanol–water partition coefficient (Wildman–Crippen LogP) is 2.34. The first kappa shape index (κ1) is 30.0. The Labute approximate surface area is 227 Å². The largest absolute Gasteiger partial charge is 0.481 e. The smallest absolute Gasteiger partial charge is 0.407 e. The van der Waals surface area contributed by atoms with E-state index in [1.165, 1.54) is 0 Å². The second kappa shape index (κ2) is 16.5. The first-order valence-electron chi connectivity index (χ1n) is 12.8. The van der Waals surface area contributed by atoms with E-state index in [-0.39, 0.29) is 58.4 Å². The summed E-state index contributed by atoms with van der Waals surface area (Å²) in [5.41, 5.74) is 4.28. The Balaban J connectivity index is 1.42. The number of aliphatic hydroxyl groups is 1. The van der Waals surface area contributed by atoms with Crippen molar-refractivity contribution in [1.29, 1.82) is 0 Å². The van der Waals surface area contributed by atoms with Gasteiger partial charge in [0.2, 0.25) is 0 Å². The zero-order valence-corrected chi connectivity index (χ0v) is 21.7. The van der Waals surface area contributed by atoms with Crippen molar-refractivity contribution < 1.29 is 48.3 Å². The molecule has 0 heterocycles. The minimum absolute atomic E-state index is 0.0415. The number of hydrogen-bond donors (Lipinski definition) is 3. The molecule has 3 rings (SSSR count). The van der Waals surface area contributed by atoms with Crippen LogP contribution in [0, 0.1) is 0 Å². The first-order chi connectivity index (χ1) is 19.0. The van der Waals surface area contributed by atoms with E-state index >= 15 is 0 Å². The number of carboxylic acids is 1. The summed E-state index contributed by atoms with van der Waals surface area (Å²) in [4.78, 5) is 36.2. The van der Waals surface area contributed by atoms with Gasteiger partial charge in [-0.1, -0.05) is 48.5 Å². The second-order valence-corrected chi connectivity index (χ2v) is 8.68. The number of alkyl carbamates (subject to hydrolysis) is 1. The molecule has 1 aliphatic rings. The van der Waals surface area contributed by atoms with Gasteiger partial charge in [0.25, 0.3) is 0 Å². The number of carboxylic acid groups (broad SMARTS) is 1. The van der Waals surface area contributed by atoms with Gasteiger partial charge in [0.1, 0.15) is 19.3 Å². The lowest BCUT2D eigenvalue weighted by atomic mass is 9.98. The maximum atomic E-state index is 12.6. The molecule has 1 atom stereocenters. The fourth-order valence-electron chi connectivity index (χ4n) is 4.21. The molecule has 0 unspecified atom stereocenters. The number of esters is 1. The van der Waals surface area contributed by atoms with Crippen molar-refractivity contribution in [2.75, 3.05) is 59.5 Å². The average Bonchev–Trinajstić information content (AvgIpc) is 3.26. The summed E-state index contributed by atoms with van der Waals surface area (Å²) >= 11 is 0. The van der Waals surface area contributed by atoms with E-state index in [1.54, 1.807) is 0 Å². The number of benzene rings is 2. The number of carbonyl (C=O) groups is 3. The Hall–Kier alpha value is -3.51. The lowest BCUT2D eigenvalue weighted by molar-refractivity contribution is -0.148. The fraction of sp³-hybridized carbons (Fsp3) is 0.464. The number of hydrogen-bond acceptors (Lipinski definition) is 9. The van der Waals surface area contributed by atoms with Crippen molar-refractivity contribution in [3.05, 3.63) is 59.7 Å². The topological polar surface area (TPSA) is 150 Å². The average molecular weight is 546 g/mol. The first-order valence-corrected chi connectivity index (χ1v) is 12.8. The van der Waals surface area contributed by atoms with Gasteiger partial charge in [0, 0.05) is 12.3 Å². The summed E-state index contributed by atoms with van der Waals surface area (Å²) in [6, 6.07) is 14.6. The lowest BCUT2D eigenvalue weighted by Crippen LogP contribution is -2.43. The van der Waals surface area contributed by atoms with E-state index in [0.29, 0.717) is 19.8 Å². The van der Waals surface area contributed by atoms with Crippen LogP contribution in [0.5, 0.6) is 0 Å². The number of ether oxygens (including phenoxy) is 5. The molecule has 1 aliphatic carbocycles. The van der Waals surface area contributed by atoms with Gasteiger partial charge >= 0.3 is 18.0 Å². The van der Waals surface area contributed by atoms with Crippen LogP contribution in [0.25, 0.3) is 11.1 Å². The molecule has 11 heteroatoms. The molecule has 1 amide bonds. The molecule has 0 saturated heterocycles. The number of aliphatic carboxylic acids is 1. The number of aliphatic hydroxyl groups excluding tert-OH is 1. The highest BCUT2D eigenvalue weighted by atomic mass is 16.6. The van der Waals surface area contributed by atoms with Crippen molar-refractivity contribution in [3.8, 4) is 11.1 Å². The van der Waals surface area contributed by atoms with E-state index in [9.17, 15) is 14.4 Å². The van der Waals surface area contributed by atoms with Crippen LogP contribution in [-0.4, -0.2) is 93.7 Å². The third kappa shape index (κ3) is 9.63. The van der Waals surface area contributed by atoms with Gasteiger partial charge in [-0.25, -0.2) is 9.59 Å². The van der Waals surface area contributed by atoms with Gasteiger partial charge in [0.05, 0.1) is 46.2 Å². The van der Waals surface area contributed by atoms with E-state index in [2.05, 4.69) is 5.32 Å². The Morgan fingerprint density at radius 1 is 0.769 bits per heavy atom. The summed E-state index contributed by atoms with van der Waals surface area (Å²) in [6.07, 6.45) is -1.31. The molecule has 3 N–H and O–H groups in total. The van der Waals surface area contributed by atoms with Crippen LogP contribution < -0.4 is 5.32 Å². The maximum Gasteiger partial charge on any atom is 0.407 e. The highest BCUT2D eigenvalue weighted by Gasteiger charge is 2.30. The van der Waals surface area contributed by atoms with Gasteiger partial charge in [-0.05, 0) is 28.7 Å². The third-order valence-corrected chi connectivity index (χ3v) is 6.02. The van der Waals surface area contributed by atoms with Crippen LogP contribution >= 0.6 is 0 Å². The highest BCUT2D eigenvalue weighted by Crippen LogP contribution is 2.44. The molecule has 39 heavy (non-hydrogen) atoms. The SMILES string of the molecule is O=C(O)CC[C@H](NC(=O)OCC1c2ccccc2-c2ccccc21)C(=O)OCCOCCOCCOCCO. The summed E-state index contributed by atoms with van der Waals surface area (Å²) < 4.78 is 26.3. The number of nitrogens with one attached hydrogen (secondary N) is 1. The van der Waals surface area contributed by atoms with E-state index in [0.717, 1.165) is 22.3 Å². The Kier molecular flexibility index (Phi) is 12.7. The maximum absolute atomic E-state index is 12.6. The monoisotopic (exact) mass is 545 g/mol. The number of amides is 1. The van der Waals surface area contributed by atoms with Crippen molar-refractivity contribution in [2.45, 2.75) is 24.8 Å². The molecule has 0 aromatic heterocycles. The normalized spacial score (nSPS) is 12.8. The van der Waals surface area contributed by atoms with Crippen molar-refractivity contribution in [3.63, 3.8) is 0 Å². The molecule has 11 nitrogen and oxygen atoms in total. The van der Waals surface area contributed by atoms with Gasteiger partial charge in [-0.2, -0.15) is 0 Å². The van der Waals surface area contributed by atoms with Crippen LogP contribution in [0.4, 0.5) is 4.79 Å². The highest BCUT2D eigenvalue weighted by molar-refractivity contribution is 5.82. The molecular formula is C28H35NO10. The minimum Gasteiger partial charge on any atom is -0.481 e.